The van der Waals surface area contributed by atoms with Crippen LogP contribution in [0.25, 0.3) is 33.4 Å². The van der Waals surface area contributed by atoms with Crippen LogP contribution in [0, 0.1) is 0 Å². The Morgan fingerprint density at radius 2 is 1.80 bits per heavy atom. The molecule has 0 amide bonds. The lowest BCUT2D eigenvalue weighted by Gasteiger charge is -2.14. The highest BCUT2D eigenvalue weighted by Crippen LogP contribution is 2.38. The first kappa shape index (κ1) is 19.9. The lowest BCUT2D eigenvalue weighted by atomic mass is 9.99. The summed E-state index contributed by atoms with van der Waals surface area (Å²) in [5, 5.41) is 0.789. The van der Waals surface area contributed by atoms with Gasteiger partial charge in [0.15, 0.2) is 5.76 Å². The van der Waals surface area contributed by atoms with E-state index in [1.54, 1.807) is 36.7 Å². The number of hydrogen-bond acceptors (Lipinski definition) is 6. The lowest BCUT2D eigenvalue weighted by molar-refractivity contribution is 0.398. The van der Waals surface area contributed by atoms with Crippen molar-refractivity contribution in [3.8, 4) is 33.9 Å². The SMILES string of the molecule is COc1ccc(-c2oc3c(-c4ccncc4)cc(CN)cc3c(=O)c2OC)cc1Cl. The topological polar surface area (TPSA) is 87.6 Å². The first-order valence-electron chi connectivity index (χ1n) is 9.19. The zero-order valence-corrected chi connectivity index (χ0v) is 17.2. The Morgan fingerprint density at radius 1 is 1.03 bits per heavy atom. The monoisotopic (exact) mass is 422 g/mol. The number of aromatic nitrogens is 1. The number of nitrogens with two attached hydrogens (primary N) is 1. The number of methoxy groups -OCH3 is 2. The van der Waals surface area contributed by atoms with Crippen LogP contribution < -0.4 is 20.6 Å². The summed E-state index contributed by atoms with van der Waals surface area (Å²) in [7, 11) is 2.97. The molecule has 30 heavy (non-hydrogen) atoms. The number of nitrogens with zero attached hydrogens (tertiary/aromatic N) is 1. The molecular formula is C23H19ClN2O4. The smallest absolute Gasteiger partial charge is 0.235 e. The van der Waals surface area contributed by atoms with E-state index in [0.717, 1.165) is 16.7 Å². The first-order valence-corrected chi connectivity index (χ1v) is 9.57. The predicted octanol–water partition coefficient (Wildman–Crippen LogP) is 4.65. The van der Waals surface area contributed by atoms with E-state index in [-0.39, 0.29) is 23.5 Å². The predicted molar refractivity (Wildman–Crippen MR) is 117 cm³/mol. The zero-order chi connectivity index (χ0) is 21.3. The van der Waals surface area contributed by atoms with E-state index in [1.807, 2.05) is 18.2 Å². The van der Waals surface area contributed by atoms with Gasteiger partial charge in [0.05, 0.1) is 24.6 Å². The van der Waals surface area contributed by atoms with Crippen molar-refractivity contribution in [3.63, 3.8) is 0 Å². The maximum Gasteiger partial charge on any atom is 0.235 e. The van der Waals surface area contributed by atoms with Crippen molar-refractivity contribution in [2.75, 3.05) is 14.2 Å². The molecule has 0 aliphatic heterocycles. The molecule has 0 saturated carbocycles. The van der Waals surface area contributed by atoms with Crippen LogP contribution in [-0.2, 0) is 6.54 Å². The van der Waals surface area contributed by atoms with Gasteiger partial charge in [-0.3, -0.25) is 9.78 Å². The molecule has 0 radical (unpaired) electrons. The fraction of sp³-hybridized carbons (Fsp3) is 0.130. The van der Waals surface area contributed by atoms with Gasteiger partial charge in [0.1, 0.15) is 11.3 Å². The van der Waals surface area contributed by atoms with E-state index >= 15 is 0 Å². The van der Waals surface area contributed by atoms with Gasteiger partial charge < -0.3 is 19.6 Å². The van der Waals surface area contributed by atoms with Crippen LogP contribution in [-0.4, -0.2) is 19.2 Å². The third-order valence-corrected chi connectivity index (χ3v) is 5.15. The van der Waals surface area contributed by atoms with Gasteiger partial charge in [-0.2, -0.15) is 0 Å². The summed E-state index contributed by atoms with van der Waals surface area (Å²) >= 11 is 6.29. The van der Waals surface area contributed by atoms with Crippen LogP contribution >= 0.6 is 11.6 Å². The number of fused-ring (bicyclic) bond motifs is 1. The molecule has 2 aromatic heterocycles. The molecule has 7 heteroatoms. The molecule has 0 saturated heterocycles. The fourth-order valence-corrected chi connectivity index (χ4v) is 3.65. The summed E-state index contributed by atoms with van der Waals surface area (Å²) in [6.07, 6.45) is 3.37. The first-order chi connectivity index (χ1) is 14.6. The second-order valence-corrected chi connectivity index (χ2v) is 7.01. The van der Waals surface area contributed by atoms with Crippen LogP contribution in [0.1, 0.15) is 5.56 Å². The minimum absolute atomic E-state index is 0.0959. The lowest BCUT2D eigenvalue weighted by Crippen LogP contribution is -2.09. The largest absolute Gasteiger partial charge is 0.495 e. The molecule has 0 aliphatic carbocycles. The van der Waals surface area contributed by atoms with Crippen molar-refractivity contribution >= 4 is 22.6 Å². The summed E-state index contributed by atoms with van der Waals surface area (Å²) in [5.41, 5.74) is 9.03. The summed E-state index contributed by atoms with van der Waals surface area (Å²) in [6, 6.07) is 12.5. The Hall–Kier alpha value is -3.35. The van der Waals surface area contributed by atoms with E-state index in [9.17, 15) is 4.79 Å². The Bertz CT molecular complexity index is 1290. The van der Waals surface area contributed by atoms with Crippen molar-refractivity contribution in [3.05, 3.63) is 75.7 Å². The second-order valence-electron chi connectivity index (χ2n) is 6.60. The number of halogens is 1. The van der Waals surface area contributed by atoms with Gasteiger partial charge in [-0.15, -0.1) is 0 Å². The van der Waals surface area contributed by atoms with E-state index in [0.29, 0.717) is 27.3 Å². The minimum Gasteiger partial charge on any atom is -0.495 e. The number of hydrogen-bond donors (Lipinski definition) is 1. The second kappa shape index (κ2) is 8.18. The maximum absolute atomic E-state index is 13.3. The summed E-state index contributed by atoms with van der Waals surface area (Å²) in [4.78, 5) is 17.4. The van der Waals surface area contributed by atoms with E-state index < -0.39 is 0 Å². The van der Waals surface area contributed by atoms with Gasteiger partial charge in [-0.05, 0) is 53.6 Å². The molecule has 4 aromatic rings. The average Bonchev–Trinajstić information content (AvgIpc) is 2.79. The number of benzene rings is 2. The molecule has 0 fully saturated rings. The van der Waals surface area contributed by atoms with Crippen molar-refractivity contribution in [1.82, 2.24) is 4.98 Å². The Labute approximate surface area is 177 Å². The molecule has 0 unspecified atom stereocenters. The van der Waals surface area contributed by atoms with Crippen LogP contribution in [0.2, 0.25) is 5.02 Å². The zero-order valence-electron chi connectivity index (χ0n) is 16.4. The Balaban J connectivity index is 2.08. The van der Waals surface area contributed by atoms with Crippen molar-refractivity contribution in [2.45, 2.75) is 6.54 Å². The molecule has 0 spiro atoms. The molecule has 2 N–H and O–H groups in total. The van der Waals surface area contributed by atoms with E-state index in [2.05, 4.69) is 4.98 Å². The molecule has 6 nitrogen and oxygen atoms in total. The Kier molecular flexibility index (Phi) is 5.44. The molecule has 4 rings (SSSR count). The number of rotatable bonds is 5. The highest BCUT2D eigenvalue weighted by Gasteiger charge is 2.21. The van der Waals surface area contributed by atoms with Gasteiger partial charge in [0.25, 0.3) is 0 Å². The van der Waals surface area contributed by atoms with Crippen LogP contribution in [0.15, 0.2) is 64.1 Å². The Morgan fingerprint density at radius 3 is 2.43 bits per heavy atom. The van der Waals surface area contributed by atoms with Gasteiger partial charge in [0.2, 0.25) is 11.2 Å². The molecule has 2 aromatic carbocycles. The quantitative estimate of drug-likeness (QED) is 0.503. The highest BCUT2D eigenvalue weighted by molar-refractivity contribution is 6.32. The van der Waals surface area contributed by atoms with E-state index in [4.69, 9.17) is 31.2 Å². The summed E-state index contributed by atoms with van der Waals surface area (Å²) in [5.74, 6) is 0.904. The van der Waals surface area contributed by atoms with Gasteiger partial charge in [-0.1, -0.05) is 11.6 Å². The van der Waals surface area contributed by atoms with Gasteiger partial charge in [0, 0.05) is 30.1 Å². The van der Waals surface area contributed by atoms with Gasteiger partial charge >= 0.3 is 0 Å². The highest BCUT2D eigenvalue weighted by atomic mass is 35.5. The minimum atomic E-state index is -0.286. The molecular weight excluding hydrogens is 404 g/mol. The standard InChI is InChI=1S/C23H19ClN2O4/c1-28-19-4-3-15(11-18(19)24)21-23(29-2)20(27)17-10-13(12-25)9-16(22(17)30-21)14-5-7-26-8-6-14/h3-11H,12,25H2,1-2H3. The van der Waals surface area contributed by atoms with Crippen molar-refractivity contribution < 1.29 is 13.9 Å². The maximum atomic E-state index is 13.3. The van der Waals surface area contributed by atoms with Crippen molar-refractivity contribution in [1.29, 1.82) is 0 Å². The molecule has 0 bridgehead atoms. The van der Waals surface area contributed by atoms with Crippen LogP contribution in [0.3, 0.4) is 0 Å². The van der Waals surface area contributed by atoms with Crippen molar-refractivity contribution in [2.24, 2.45) is 5.73 Å². The van der Waals surface area contributed by atoms with Crippen LogP contribution in [0.5, 0.6) is 11.5 Å². The molecule has 2 heterocycles. The molecule has 0 atom stereocenters. The summed E-state index contributed by atoms with van der Waals surface area (Å²) < 4.78 is 16.9. The summed E-state index contributed by atoms with van der Waals surface area (Å²) in [6.45, 7) is 0.283. The molecule has 152 valence electrons. The average molecular weight is 423 g/mol. The number of ether oxygens (including phenoxy) is 2. The van der Waals surface area contributed by atoms with Crippen LogP contribution in [0.4, 0.5) is 0 Å². The van der Waals surface area contributed by atoms with E-state index in [1.165, 1.54) is 14.2 Å². The third-order valence-electron chi connectivity index (χ3n) is 4.86. The normalized spacial score (nSPS) is 10.9. The number of pyridine rings is 1. The van der Waals surface area contributed by atoms with Gasteiger partial charge in [-0.25, -0.2) is 0 Å². The fourth-order valence-electron chi connectivity index (χ4n) is 3.39. The molecule has 0 aliphatic rings. The third kappa shape index (κ3) is 3.40.